The first kappa shape index (κ1) is 11.8. The lowest BCUT2D eigenvalue weighted by Crippen LogP contribution is -2.29. The van der Waals surface area contributed by atoms with Crippen LogP contribution in [-0.4, -0.2) is 25.1 Å². The van der Waals surface area contributed by atoms with Crippen LogP contribution in [0.3, 0.4) is 0 Å². The van der Waals surface area contributed by atoms with Gasteiger partial charge in [-0.1, -0.05) is 6.08 Å². The number of sulfone groups is 1. The molecule has 0 spiro atoms. The van der Waals surface area contributed by atoms with E-state index in [9.17, 15) is 18.5 Å². The van der Waals surface area contributed by atoms with E-state index in [1.54, 1.807) is 6.08 Å². The van der Waals surface area contributed by atoms with Gasteiger partial charge < -0.3 is 9.73 Å². The second kappa shape index (κ2) is 4.30. The Morgan fingerprint density at radius 1 is 1.53 bits per heavy atom. The molecular weight excluding hydrogens is 248 g/mol. The maximum atomic E-state index is 11.1. The molecule has 0 fully saturated rings. The summed E-state index contributed by atoms with van der Waals surface area (Å²) >= 11 is 0. The van der Waals surface area contributed by atoms with Gasteiger partial charge in [-0.3, -0.25) is 10.1 Å². The van der Waals surface area contributed by atoms with Gasteiger partial charge in [-0.2, -0.15) is 0 Å². The van der Waals surface area contributed by atoms with Gasteiger partial charge in [0.05, 0.1) is 18.4 Å². The summed E-state index contributed by atoms with van der Waals surface area (Å²) in [4.78, 5) is 9.74. The molecular formula is C9H10N2O5S. The third-order valence-electron chi connectivity index (χ3n) is 2.30. The van der Waals surface area contributed by atoms with Crippen LogP contribution in [0, 0.1) is 10.1 Å². The van der Waals surface area contributed by atoms with Gasteiger partial charge in [-0.05, 0) is 6.07 Å². The molecule has 0 saturated carbocycles. The Balaban J connectivity index is 1.91. The highest BCUT2D eigenvalue weighted by molar-refractivity contribution is 7.94. The van der Waals surface area contributed by atoms with Crippen molar-refractivity contribution >= 4 is 15.7 Å². The van der Waals surface area contributed by atoms with Crippen LogP contribution in [-0.2, 0) is 16.4 Å². The number of furan rings is 1. The molecule has 0 aromatic carbocycles. The summed E-state index contributed by atoms with van der Waals surface area (Å²) in [6.45, 7) is 0.248. The second-order valence-electron chi connectivity index (χ2n) is 3.64. The molecule has 2 rings (SSSR count). The monoisotopic (exact) mass is 258 g/mol. The van der Waals surface area contributed by atoms with Crippen molar-refractivity contribution in [3.8, 4) is 0 Å². The lowest BCUT2D eigenvalue weighted by molar-refractivity contribution is -0.402. The minimum absolute atomic E-state index is 0.00972. The summed E-state index contributed by atoms with van der Waals surface area (Å²) < 4.78 is 27.1. The zero-order valence-corrected chi connectivity index (χ0v) is 9.51. The fraction of sp³-hybridized carbons (Fsp3) is 0.333. The van der Waals surface area contributed by atoms with E-state index in [1.165, 1.54) is 12.1 Å². The van der Waals surface area contributed by atoms with Crippen LogP contribution in [0.4, 0.5) is 5.88 Å². The summed E-state index contributed by atoms with van der Waals surface area (Å²) in [5, 5.41) is 14.4. The van der Waals surface area contributed by atoms with Crippen LogP contribution >= 0.6 is 0 Å². The molecule has 92 valence electrons. The second-order valence-corrected chi connectivity index (χ2v) is 5.57. The molecule has 1 aliphatic rings. The molecule has 1 atom stereocenters. The third kappa shape index (κ3) is 2.92. The van der Waals surface area contributed by atoms with Gasteiger partial charge in [0, 0.05) is 11.4 Å². The highest BCUT2D eigenvalue weighted by atomic mass is 32.2. The number of hydrogen-bond acceptors (Lipinski definition) is 6. The highest BCUT2D eigenvalue weighted by Gasteiger charge is 2.21. The van der Waals surface area contributed by atoms with Crippen molar-refractivity contribution in [1.29, 1.82) is 0 Å². The van der Waals surface area contributed by atoms with Gasteiger partial charge in [0.15, 0.2) is 9.84 Å². The fourth-order valence-corrected chi connectivity index (χ4v) is 2.76. The average molecular weight is 258 g/mol. The molecule has 1 aromatic heterocycles. The molecule has 1 aromatic rings. The molecule has 8 heteroatoms. The maximum Gasteiger partial charge on any atom is 0.433 e. The quantitative estimate of drug-likeness (QED) is 0.626. The zero-order chi connectivity index (χ0) is 12.5. The van der Waals surface area contributed by atoms with Crippen LogP contribution < -0.4 is 5.32 Å². The Labute approximate surface area is 97.2 Å². The largest absolute Gasteiger partial charge is 0.433 e. The van der Waals surface area contributed by atoms with Crippen molar-refractivity contribution in [2.45, 2.75) is 12.6 Å². The number of nitro groups is 1. The van der Waals surface area contributed by atoms with Crippen LogP contribution in [0.2, 0.25) is 0 Å². The molecule has 1 N–H and O–H groups in total. The Bertz CT molecular complexity index is 560. The Morgan fingerprint density at radius 3 is 2.82 bits per heavy atom. The van der Waals surface area contributed by atoms with Crippen LogP contribution in [0.15, 0.2) is 28.0 Å². The minimum atomic E-state index is -3.09. The van der Waals surface area contributed by atoms with E-state index in [0.29, 0.717) is 5.76 Å². The first-order valence-corrected chi connectivity index (χ1v) is 6.55. The van der Waals surface area contributed by atoms with E-state index in [4.69, 9.17) is 4.42 Å². The van der Waals surface area contributed by atoms with Crippen molar-refractivity contribution in [3.63, 3.8) is 0 Å². The molecule has 0 amide bonds. The fourth-order valence-electron chi connectivity index (χ4n) is 1.49. The predicted molar refractivity (Wildman–Crippen MR) is 58.9 cm³/mol. The molecule has 1 aliphatic heterocycles. The van der Waals surface area contributed by atoms with Crippen LogP contribution in [0.25, 0.3) is 0 Å². The molecule has 7 nitrogen and oxygen atoms in total. The van der Waals surface area contributed by atoms with Gasteiger partial charge in [-0.15, -0.1) is 0 Å². The Morgan fingerprint density at radius 2 is 2.29 bits per heavy atom. The summed E-state index contributed by atoms with van der Waals surface area (Å²) in [5.41, 5.74) is 0. The first-order chi connectivity index (χ1) is 7.96. The van der Waals surface area contributed by atoms with E-state index in [1.807, 2.05) is 0 Å². The van der Waals surface area contributed by atoms with E-state index in [0.717, 1.165) is 5.41 Å². The maximum absolute atomic E-state index is 11.1. The average Bonchev–Trinajstić information content (AvgIpc) is 2.81. The molecule has 0 saturated heterocycles. The minimum Gasteiger partial charge on any atom is -0.404 e. The van der Waals surface area contributed by atoms with Crippen molar-refractivity contribution in [2.75, 3.05) is 5.75 Å². The number of rotatable bonds is 4. The highest BCUT2D eigenvalue weighted by Crippen LogP contribution is 2.16. The van der Waals surface area contributed by atoms with E-state index < -0.39 is 14.8 Å². The van der Waals surface area contributed by atoms with Gasteiger partial charge in [0.2, 0.25) is 0 Å². The molecule has 0 radical (unpaired) electrons. The third-order valence-corrected chi connectivity index (χ3v) is 3.69. The molecule has 0 aliphatic carbocycles. The number of nitrogens with zero attached hydrogens (tertiary/aromatic N) is 1. The van der Waals surface area contributed by atoms with Crippen LogP contribution in [0.1, 0.15) is 5.76 Å². The van der Waals surface area contributed by atoms with Crippen LogP contribution in [0.5, 0.6) is 0 Å². The Kier molecular flexibility index (Phi) is 2.99. The summed E-state index contributed by atoms with van der Waals surface area (Å²) in [7, 11) is -3.09. The smallest absolute Gasteiger partial charge is 0.404 e. The number of hydrogen-bond donors (Lipinski definition) is 1. The van der Waals surface area contributed by atoms with E-state index in [-0.39, 0.29) is 24.2 Å². The molecule has 17 heavy (non-hydrogen) atoms. The van der Waals surface area contributed by atoms with E-state index >= 15 is 0 Å². The molecule has 1 unspecified atom stereocenters. The topological polar surface area (TPSA) is 102 Å². The summed E-state index contributed by atoms with van der Waals surface area (Å²) in [6.07, 6.45) is 1.55. The Hall–Kier alpha value is -1.67. The molecule has 2 heterocycles. The van der Waals surface area contributed by atoms with Gasteiger partial charge in [0.1, 0.15) is 10.7 Å². The van der Waals surface area contributed by atoms with Crippen molar-refractivity contribution in [3.05, 3.63) is 39.5 Å². The SMILES string of the molecule is O=[N+]([O-])c1ccc(CNC2C=CS(=O)(=O)C2)o1. The first-order valence-electron chi connectivity index (χ1n) is 4.84. The zero-order valence-electron chi connectivity index (χ0n) is 8.70. The summed E-state index contributed by atoms with van der Waals surface area (Å²) in [5.74, 6) is 0.0845. The van der Waals surface area contributed by atoms with E-state index in [2.05, 4.69) is 5.32 Å². The standard InChI is InChI=1S/C9H10N2O5S/c12-11(13)9-2-1-8(16-9)5-10-7-3-4-17(14,15)6-7/h1-4,7,10H,5-6H2. The van der Waals surface area contributed by atoms with Gasteiger partial charge >= 0.3 is 5.88 Å². The lowest BCUT2D eigenvalue weighted by atomic mass is 10.3. The summed E-state index contributed by atoms with van der Waals surface area (Å²) in [6, 6.07) is 2.47. The van der Waals surface area contributed by atoms with Crippen molar-refractivity contribution in [1.82, 2.24) is 5.32 Å². The number of nitrogens with one attached hydrogen (secondary N) is 1. The van der Waals surface area contributed by atoms with Crippen molar-refractivity contribution in [2.24, 2.45) is 0 Å². The van der Waals surface area contributed by atoms with Gasteiger partial charge in [-0.25, -0.2) is 8.42 Å². The van der Waals surface area contributed by atoms with Gasteiger partial charge in [0.25, 0.3) is 0 Å². The van der Waals surface area contributed by atoms with Crippen molar-refractivity contribution < 1.29 is 17.8 Å². The normalized spacial score (nSPS) is 21.8. The molecule has 0 bridgehead atoms. The lowest BCUT2D eigenvalue weighted by Gasteiger charge is -2.07. The predicted octanol–water partition coefficient (Wildman–Crippen LogP) is 0.588.